The predicted molar refractivity (Wildman–Crippen MR) is 102 cm³/mol. The molecule has 1 fully saturated rings. The van der Waals surface area contributed by atoms with Crippen molar-refractivity contribution in [1.82, 2.24) is 9.63 Å². The number of hydrogen-bond donors (Lipinski definition) is 0. The van der Waals surface area contributed by atoms with Crippen molar-refractivity contribution in [3.63, 3.8) is 0 Å². The number of aryl methyl sites for hydroxylation is 1. The molecule has 0 bridgehead atoms. The molecule has 1 aliphatic heterocycles. The largest absolute Gasteiger partial charge is 0.344 e. The van der Waals surface area contributed by atoms with E-state index in [4.69, 9.17) is 4.84 Å². The number of nitrogens with zero attached hydrogens (tertiary/aromatic N) is 3. The van der Waals surface area contributed by atoms with E-state index >= 15 is 0 Å². The molecule has 0 aliphatic carbocycles. The fourth-order valence-electron chi connectivity index (χ4n) is 2.96. The first-order valence-corrected chi connectivity index (χ1v) is 9.03. The fourth-order valence-corrected chi connectivity index (χ4v) is 3.84. The summed E-state index contributed by atoms with van der Waals surface area (Å²) in [4.78, 5) is 22.0. The van der Waals surface area contributed by atoms with Gasteiger partial charge in [-0.05, 0) is 55.4 Å². The molecule has 2 aromatic rings. The van der Waals surface area contributed by atoms with Gasteiger partial charge in [0, 0.05) is 24.0 Å². The molecule has 2 heterocycles. The van der Waals surface area contributed by atoms with E-state index in [-0.39, 0.29) is 18.0 Å². The third kappa shape index (κ3) is 3.54. The van der Waals surface area contributed by atoms with E-state index in [0.717, 1.165) is 22.0 Å². The highest BCUT2D eigenvalue weighted by Gasteiger charge is 2.33. The number of hydrogen-bond acceptors (Lipinski definition) is 4. The summed E-state index contributed by atoms with van der Waals surface area (Å²) in [6, 6.07) is 5.71. The van der Waals surface area contributed by atoms with Crippen LogP contribution in [0.3, 0.4) is 0 Å². The number of hydroxylamine groups is 2. The van der Waals surface area contributed by atoms with Gasteiger partial charge in [0.15, 0.2) is 5.17 Å². The van der Waals surface area contributed by atoms with Crippen molar-refractivity contribution >= 4 is 28.9 Å². The zero-order valence-electron chi connectivity index (χ0n) is 15.4. The fraction of sp³-hybridized carbons (Fsp3) is 0.263. The van der Waals surface area contributed by atoms with Gasteiger partial charge in [0.2, 0.25) is 0 Å². The van der Waals surface area contributed by atoms with E-state index in [0.29, 0.717) is 10.1 Å². The Morgan fingerprint density at radius 3 is 2.48 bits per heavy atom. The van der Waals surface area contributed by atoms with Crippen molar-refractivity contribution in [2.75, 3.05) is 14.2 Å². The number of amidine groups is 1. The van der Waals surface area contributed by atoms with Crippen LogP contribution in [0.5, 0.6) is 0 Å². The molecule has 0 radical (unpaired) electrons. The summed E-state index contributed by atoms with van der Waals surface area (Å²) < 4.78 is 29.8. The molecule has 1 aromatic heterocycles. The molecule has 0 atom stereocenters. The third-order valence-electron chi connectivity index (χ3n) is 4.42. The molecular weight excluding hydrogens is 372 g/mol. The second-order valence-electron chi connectivity index (χ2n) is 6.01. The molecule has 8 heteroatoms. The lowest BCUT2D eigenvalue weighted by atomic mass is 10.2. The lowest BCUT2D eigenvalue weighted by Gasteiger charge is -2.11. The monoisotopic (exact) mass is 391 g/mol. The zero-order chi connectivity index (χ0) is 19.7. The molecule has 1 aromatic carbocycles. The van der Waals surface area contributed by atoms with Gasteiger partial charge < -0.3 is 4.57 Å². The van der Waals surface area contributed by atoms with Gasteiger partial charge in [0.05, 0.1) is 18.6 Å². The average molecular weight is 391 g/mol. The van der Waals surface area contributed by atoms with Crippen LogP contribution in [-0.2, 0) is 16.2 Å². The van der Waals surface area contributed by atoms with E-state index in [1.54, 1.807) is 13.1 Å². The summed E-state index contributed by atoms with van der Waals surface area (Å²) in [5.41, 5.74) is 2.46. The van der Waals surface area contributed by atoms with Crippen molar-refractivity contribution < 1.29 is 18.4 Å². The zero-order valence-corrected chi connectivity index (χ0v) is 16.2. The number of aliphatic imine (C=N–C) groups is 1. The van der Waals surface area contributed by atoms with Crippen molar-refractivity contribution in [3.05, 3.63) is 63.3 Å². The molecule has 0 unspecified atom stereocenters. The Kier molecular flexibility index (Phi) is 5.48. The lowest BCUT2D eigenvalue weighted by molar-refractivity contribution is -0.149. The minimum Gasteiger partial charge on any atom is -0.344 e. The number of rotatable bonds is 4. The Bertz CT molecular complexity index is 946. The SMILES string of the molecule is CN=C1S/C(=C/c2cc(C)n(Cc3c(F)cccc3F)c2C)C(=O)N1OC. The quantitative estimate of drug-likeness (QED) is 0.743. The maximum absolute atomic E-state index is 14.0. The average Bonchev–Trinajstić information content (AvgIpc) is 3.08. The number of benzene rings is 1. The summed E-state index contributed by atoms with van der Waals surface area (Å²) in [6.45, 7) is 3.79. The van der Waals surface area contributed by atoms with Crippen LogP contribution >= 0.6 is 11.8 Å². The molecule has 0 N–H and O–H groups in total. The van der Waals surface area contributed by atoms with Gasteiger partial charge in [-0.25, -0.2) is 8.78 Å². The Morgan fingerprint density at radius 2 is 1.93 bits per heavy atom. The van der Waals surface area contributed by atoms with E-state index in [1.807, 2.05) is 24.5 Å². The van der Waals surface area contributed by atoms with Crippen LogP contribution in [0.4, 0.5) is 8.78 Å². The van der Waals surface area contributed by atoms with Gasteiger partial charge in [-0.15, -0.1) is 0 Å². The van der Waals surface area contributed by atoms with Gasteiger partial charge in [-0.2, -0.15) is 5.06 Å². The molecular formula is C19H19F2N3O2S. The van der Waals surface area contributed by atoms with Gasteiger partial charge in [-0.3, -0.25) is 14.6 Å². The second-order valence-corrected chi connectivity index (χ2v) is 7.02. The highest BCUT2D eigenvalue weighted by Crippen LogP contribution is 2.33. The second kappa shape index (κ2) is 7.66. The van der Waals surface area contributed by atoms with Gasteiger partial charge in [0.1, 0.15) is 11.6 Å². The van der Waals surface area contributed by atoms with E-state index in [1.165, 1.54) is 37.1 Å². The van der Waals surface area contributed by atoms with Crippen LogP contribution in [0.2, 0.25) is 0 Å². The van der Waals surface area contributed by atoms with E-state index in [2.05, 4.69) is 4.99 Å². The van der Waals surface area contributed by atoms with Gasteiger partial charge in [0.25, 0.3) is 5.91 Å². The summed E-state index contributed by atoms with van der Waals surface area (Å²) >= 11 is 1.21. The van der Waals surface area contributed by atoms with Gasteiger partial charge in [-0.1, -0.05) is 6.07 Å². The van der Waals surface area contributed by atoms with Crippen molar-refractivity contribution in [2.24, 2.45) is 4.99 Å². The van der Waals surface area contributed by atoms with Crippen molar-refractivity contribution in [1.29, 1.82) is 0 Å². The third-order valence-corrected chi connectivity index (χ3v) is 5.46. The standard InChI is InChI=1S/C19H19F2N3O2S/c1-11-8-13(9-17-18(25)24(26-4)19(22-3)27-17)12(2)23(11)10-14-15(20)6-5-7-16(14)21/h5-9H,10H2,1-4H3/b17-9+,22-19?. The molecule has 1 aliphatic rings. The number of halogens is 2. The molecule has 3 rings (SSSR count). The van der Waals surface area contributed by atoms with Crippen LogP contribution in [0.25, 0.3) is 6.08 Å². The summed E-state index contributed by atoms with van der Waals surface area (Å²) in [6.07, 6.45) is 1.74. The van der Waals surface area contributed by atoms with Crippen LogP contribution in [0.15, 0.2) is 34.2 Å². The number of thioether (sulfide) groups is 1. The van der Waals surface area contributed by atoms with E-state index in [9.17, 15) is 13.6 Å². The minimum atomic E-state index is -0.580. The maximum atomic E-state index is 14.0. The van der Waals surface area contributed by atoms with Crippen LogP contribution in [-0.4, -0.2) is 34.9 Å². The molecule has 27 heavy (non-hydrogen) atoms. The molecule has 0 spiro atoms. The number of carbonyl (C=O) groups excluding carboxylic acids is 1. The highest BCUT2D eigenvalue weighted by molar-refractivity contribution is 8.18. The molecule has 0 saturated carbocycles. The Morgan fingerprint density at radius 1 is 1.26 bits per heavy atom. The predicted octanol–water partition coefficient (Wildman–Crippen LogP) is 3.89. The molecule has 5 nitrogen and oxygen atoms in total. The summed E-state index contributed by atoms with van der Waals surface area (Å²) in [5, 5.41) is 1.58. The Labute approximate surface area is 160 Å². The number of aromatic nitrogens is 1. The Hall–Kier alpha value is -2.45. The molecule has 142 valence electrons. The summed E-state index contributed by atoms with van der Waals surface area (Å²) in [5.74, 6) is -1.46. The minimum absolute atomic E-state index is 0.00998. The maximum Gasteiger partial charge on any atom is 0.291 e. The first-order chi connectivity index (χ1) is 12.9. The van der Waals surface area contributed by atoms with Crippen molar-refractivity contribution in [2.45, 2.75) is 20.4 Å². The highest BCUT2D eigenvalue weighted by atomic mass is 32.2. The van der Waals surface area contributed by atoms with Gasteiger partial charge >= 0.3 is 0 Å². The Balaban J connectivity index is 1.96. The lowest BCUT2D eigenvalue weighted by Crippen LogP contribution is -2.27. The smallest absolute Gasteiger partial charge is 0.291 e. The van der Waals surface area contributed by atoms with Crippen LogP contribution in [0, 0.1) is 25.5 Å². The van der Waals surface area contributed by atoms with Crippen LogP contribution in [0.1, 0.15) is 22.5 Å². The number of carbonyl (C=O) groups is 1. The molecule has 1 saturated heterocycles. The summed E-state index contributed by atoms with van der Waals surface area (Å²) in [7, 11) is 2.99. The van der Waals surface area contributed by atoms with Crippen LogP contribution < -0.4 is 0 Å². The first-order valence-electron chi connectivity index (χ1n) is 8.21. The topological polar surface area (TPSA) is 46.8 Å². The molecule has 1 amide bonds. The first kappa shape index (κ1) is 19.3. The normalized spacial score (nSPS) is 17.6. The number of amides is 1. The van der Waals surface area contributed by atoms with Crippen molar-refractivity contribution in [3.8, 4) is 0 Å². The van der Waals surface area contributed by atoms with E-state index < -0.39 is 11.6 Å².